The molecule has 0 aromatic heterocycles. The van der Waals surface area contributed by atoms with Gasteiger partial charge in [0.1, 0.15) is 12.2 Å². The minimum Gasteiger partial charge on any atom is -0.452 e. The molecular weight excluding hydrogens is 278 g/mol. The molecule has 2 atom stereocenters. The number of nitrogens with two attached hydrogens (primary N) is 2. The van der Waals surface area contributed by atoms with E-state index in [2.05, 4.69) is 9.73 Å². The summed E-state index contributed by atoms with van der Waals surface area (Å²) in [5, 5.41) is 0. The van der Waals surface area contributed by atoms with Gasteiger partial charge in [-0.1, -0.05) is 12.1 Å². The van der Waals surface area contributed by atoms with Gasteiger partial charge in [0, 0.05) is 12.1 Å². The maximum absolute atomic E-state index is 13.5. The molecule has 0 fully saturated rings. The van der Waals surface area contributed by atoms with Crippen LogP contribution in [0, 0.1) is 0 Å². The van der Waals surface area contributed by atoms with Crippen LogP contribution in [0.2, 0.25) is 0 Å². The summed E-state index contributed by atoms with van der Waals surface area (Å²) in [5.74, 6) is 0. The van der Waals surface area contributed by atoms with Crippen LogP contribution < -0.4 is 11.5 Å². The van der Waals surface area contributed by atoms with Crippen molar-refractivity contribution in [3.8, 4) is 0 Å². The van der Waals surface area contributed by atoms with E-state index in [1.807, 2.05) is 0 Å². The highest BCUT2D eigenvalue weighted by Gasteiger charge is 2.51. The lowest BCUT2D eigenvalue weighted by Gasteiger charge is -2.36. The van der Waals surface area contributed by atoms with Gasteiger partial charge in [0.25, 0.3) is 6.02 Å². The lowest BCUT2D eigenvalue weighted by Crippen LogP contribution is -2.47. The van der Waals surface area contributed by atoms with E-state index in [1.54, 1.807) is 6.07 Å². The van der Waals surface area contributed by atoms with Gasteiger partial charge in [-0.25, -0.2) is 9.38 Å². The Labute approximate surface area is 112 Å². The standard InChI is InChI=1S/C12H13F4N3O/c13-6-11(7-2-1-3-8(17)4-7)5-9(12(14,15)16)20-10(18)19-11/h1-4,9H,5-6,17H2,(H2,18,19). The molecule has 0 radical (unpaired) electrons. The molecule has 1 aliphatic rings. The predicted octanol–water partition coefficient (Wildman–Crippen LogP) is 2.10. The quantitative estimate of drug-likeness (QED) is 0.647. The van der Waals surface area contributed by atoms with E-state index in [-0.39, 0.29) is 5.56 Å². The molecule has 4 nitrogen and oxygen atoms in total. The molecule has 0 aliphatic carbocycles. The van der Waals surface area contributed by atoms with E-state index >= 15 is 0 Å². The fourth-order valence-electron chi connectivity index (χ4n) is 2.13. The van der Waals surface area contributed by atoms with Crippen molar-refractivity contribution < 1.29 is 22.3 Å². The normalized spacial score (nSPS) is 26.8. The van der Waals surface area contributed by atoms with Crippen molar-refractivity contribution in [3.63, 3.8) is 0 Å². The third-order valence-electron chi connectivity index (χ3n) is 3.12. The van der Waals surface area contributed by atoms with E-state index in [0.29, 0.717) is 5.69 Å². The van der Waals surface area contributed by atoms with Gasteiger partial charge in [0.05, 0.1) is 0 Å². The Morgan fingerprint density at radius 1 is 1.35 bits per heavy atom. The van der Waals surface area contributed by atoms with Crippen molar-refractivity contribution in [2.75, 3.05) is 12.4 Å². The number of alkyl halides is 4. The summed E-state index contributed by atoms with van der Waals surface area (Å²) >= 11 is 0. The Hall–Kier alpha value is -1.99. The molecule has 20 heavy (non-hydrogen) atoms. The van der Waals surface area contributed by atoms with Crippen LogP contribution in [0.5, 0.6) is 0 Å². The molecule has 0 bridgehead atoms. The Balaban J connectivity index is 2.47. The average Bonchev–Trinajstić information content (AvgIpc) is 2.37. The zero-order valence-electron chi connectivity index (χ0n) is 10.3. The summed E-state index contributed by atoms with van der Waals surface area (Å²) in [4.78, 5) is 3.75. The summed E-state index contributed by atoms with van der Waals surface area (Å²) in [6.07, 6.45) is -7.53. The van der Waals surface area contributed by atoms with E-state index in [9.17, 15) is 17.6 Å². The van der Waals surface area contributed by atoms with Crippen LogP contribution in [0.25, 0.3) is 0 Å². The van der Waals surface area contributed by atoms with Crippen LogP contribution in [0.4, 0.5) is 23.2 Å². The topological polar surface area (TPSA) is 73.6 Å². The van der Waals surface area contributed by atoms with Crippen molar-refractivity contribution in [2.24, 2.45) is 10.7 Å². The SMILES string of the molecule is NC1=NC(CF)(c2cccc(N)c2)CC(C(F)(F)F)O1. The van der Waals surface area contributed by atoms with Gasteiger partial charge >= 0.3 is 6.18 Å². The fraction of sp³-hybridized carbons (Fsp3) is 0.417. The third-order valence-corrected chi connectivity index (χ3v) is 3.12. The van der Waals surface area contributed by atoms with Gasteiger partial charge in [0.2, 0.25) is 0 Å². The van der Waals surface area contributed by atoms with Gasteiger partial charge in [0.15, 0.2) is 6.10 Å². The summed E-state index contributed by atoms with van der Waals surface area (Å²) < 4.78 is 56.3. The summed E-state index contributed by atoms with van der Waals surface area (Å²) in [5.41, 5.74) is 9.67. The molecule has 0 amide bonds. The molecule has 8 heteroatoms. The summed E-state index contributed by atoms with van der Waals surface area (Å²) in [6, 6.07) is 5.23. The second-order valence-electron chi connectivity index (χ2n) is 4.59. The lowest BCUT2D eigenvalue weighted by atomic mass is 9.85. The highest BCUT2D eigenvalue weighted by molar-refractivity contribution is 5.73. The van der Waals surface area contributed by atoms with Gasteiger partial charge in [-0.2, -0.15) is 13.2 Å². The number of amidine groups is 1. The zero-order chi connectivity index (χ0) is 15.0. The smallest absolute Gasteiger partial charge is 0.425 e. The van der Waals surface area contributed by atoms with Crippen molar-refractivity contribution >= 4 is 11.7 Å². The Morgan fingerprint density at radius 3 is 2.60 bits per heavy atom. The molecule has 1 aromatic carbocycles. The number of benzene rings is 1. The predicted molar refractivity (Wildman–Crippen MR) is 65.7 cm³/mol. The first-order chi connectivity index (χ1) is 9.27. The van der Waals surface area contributed by atoms with Gasteiger partial charge in [-0.3, -0.25) is 0 Å². The van der Waals surface area contributed by atoms with Crippen molar-refractivity contribution in [2.45, 2.75) is 24.2 Å². The van der Waals surface area contributed by atoms with Gasteiger partial charge < -0.3 is 16.2 Å². The highest BCUT2D eigenvalue weighted by Crippen LogP contribution is 2.40. The molecule has 110 valence electrons. The average molecular weight is 291 g/mol. The number of hydrogen-bond acceptors (Lipinski definition) is 4. The van der Waals surface area contributed by atoms with Crippen LogP contribution in [-0.4, -0.2) is 25.0 Å². The largest absolute Gasteiger partial charge is 0.452 e. The first-order valence-corrected chi connectivity index (χ1v) is 5.77. The second-order valence-corrected chi connectivity index (χ2v) is 4.59. The van der Waals surface area contributed by atoms with Gasteiger partial charge in [-0.15, -0.1) is 0 Å². The van der Waals surface area contributed by atoms with E-state index in [4.69, 9.17) is 11.5 Å². The van der Waals surface area contributed by atoms with Crippen LogP contribution in [0.15, 0.2) is 29.3 Å². The number of anilines is 1. The third kappa shape index (κ3) is 2.63. The Bertz CT molecular complexity index is 532. The molecule has 1 aromatic rings. The molecular formula is C12H13F4N3O. The molecule has 2 rings (SSSR count). The van der Waals surface area contributed by atoms with Crippen molar-refractivity contribution in [1.29, 1.82) is 0 Å². The number of nitrogen functional groups attached to an aromatic ring is 1. The lowest BCUT2D eigenvalue weighted by molar-refractivity contribution is -0.209. The molecule has 0 spiro atoms. The number of halogens is 4. The molecule has 0 saturated heterocycles. The molecule has 1 heterocycles. The van der Waals surface area contributed by atoms with Crippen LogP contribution in [-0.2, 0) is 10.3 Å². The van der Waals surface area contributed by atoms with Crippen molar-refractivity contribution in [1.82, 2.24) is 0 Å². The Kier molecular flexibility index (Phi) is 3.49. The highest BCUT2D eigenvalue weighted by atomic mass is 19.4. The minimum atomic E-state index is -4.65. The molecule has 0 saturated carbocycles. The zero-order valence-corrected chi connectivity index (χ0v) is 10.3. The first kappa shape index (κ1) is 14.4. The summed E-state index contributed by atoms with van der Waals surface area (Å²) in [6.45, 7) is -1.13. The van der Waals surface area contributed by atoms with Crippen LogP contribution in [0.3, 0.4) is 0 Å². The first-order valence-electron chi connectivity index (χ1n) is 5.77. The number of rotatable bonds is 2. The Morgan fingerprint density at radius 2 is 2.05 bits per heavy atom. The van der Waals surface area contributed by atoms with Crippen molar-refractivity contribution in [3.05, 3.63) is 29.8 Å². The van der Waals surface area contributed by atoms with E-state index in [1.165, 1.54) is 18.2 Å². The van der Waals surface area contributed by atoms with Crippen LogP contribution >= 0.6 is 0 Å². The molecule has 4 N–H and O–H groups in total. The number of ether oxygens (including phenoxy) is 1. The number of aliphatic imine (C=N–C) groups is 1. The van der Waals surface area contributed by atoms with Crippen LogP contribution in [0.1, 0.15) is 12.0 Å². The molecule has 2 unspecified atom stereocenters. The van der Waals surface area contributed by atoms with E-state index < -0.39 is 36.9 Å². The minimum absolute atomic E-state index is 0.237. The maximum atomic E-state index is 13.5. The maximum Gasteiger partial charge on any atom is 0.425 e. The van der Waals surface area contributed by atoms with E-state index in [0.717, 1.165) is 0 Å². The second kappa shape index (κ2) is 4.84. The summed E-state index contributed by atoms with van der Waals surface area (Å²) in [7, 11) is 0. The van der Waals surface area contributed by atoms with Gasteiger partial charge in [-0.05, 0) is 17.7 Å². The molecule has 1 aliphatic heterocycles. The number of hydrogen-bond donors (Lipinski definition) is 2. The monoisotopic (exact) mass is 291 g/mol. The number of nitrogens with zero attached hydrogens (tertiary/aromatic N) is 1. The fourth-order valence-corrected chi connectivity index (χ4v) is 2.13.